The zero-order chi connectivity index (χ0) is 21.5. The second-order valence-electron chi connectivity index (χ2n) is 7.39. The number of aromatic nitrogens is 2. The van der Waals surface area contributed by atoms with Crippen LogP contribution in [-0.2, 0) is 17.8 Å². The lowest BCUT2D eigenvalue weighted by atomic mass is 9.98. The summed E-state index contributed by atoms with van der Waals surface area (Å²) < 4.78 is 10.7. The van der Waals surface area contributed by atoms with Gasteiger partial charge in [0.1, 0.15) is 12.7 Å². The Balaban J connectivity index is 1.69. The fourth-order valence-electron chi connectivity index (χ4n) is 3.17. The quantitative estimate of drug-likeness (QED) is 0.576. The van der Waals surface area contributed by atoms with E-state index in [1.54, 1.807) is 0 Å². The first kappa shape index (κ1) is 21.5. The molecule has 7 nitrogen and oxygen atoms in total. The van der Waals surface area contributed by atoms with Gasteiger partial charge in [-0.05, 0) is 29.5 Å². The number of alkyl carbamates (subject to hydrolysis) is 1. The van der Waals surface area contributed by atoms with Crippen molar-refractivity contribution in [2.24, 2.45) is 5.92 Å². The summed E-state index contributed by atoms with van der Waals surface area (Å²) in [6, 6.07) is 16.5. The van der Waals surface area contributed by atoms with Crippen LogP contribution in [0.15, 0.2) is 59.1 Å². The minimum atomic E-state index is -1.14. The highest BCUT2D eigenvalue weighted by atomic mass is 16.5. The molecule has 1 unspecified atom stereocenters. The highest BCUT2D eigenvalue weighted by Crippen LogP contribution is 2.26. The van der Waals surface area contributed by atoms with E-state index in [9.17, 15) is 9.90 Å². The van der Waals surface area contributed by atoms with Crippen LogP contribution in [0.3, 0.4) is 0 Å². The molecule has 1 aromatic heterocycles. The molecular formula is C23H27N3O4. The van der Waals surface area contributed by atoms with Crippen LogP contribution in [0, 0.1) is 5.92 Å². The van der Waals surface area contributed by atoms with E-state index in [2.05, 4.69) is 15.5 Å². The van der Waals surface area contributed by atoms with Gasteiger partial charge in [0.25, 0.3) is 5.89 Å². The van der Waals surface area contributed by atoms with Gasteiger partial charge in [-0.25, -0.2) is 4.79 Å². The Kier molecular flexibility index (Phi) is 7.19. The number of aliphatic hydroxyl groups is 1. The molecular weight excluding hydrogens is 382 g/mol. The smallest absolute Gasteiger partial charge is 0.407 e. The first-order valence-electron chi connectivity index (χ1n) is 10.1. The largest absolute Gasteiger partial charge is 0.445 e. The standard InChI is InChI=1S/C23H27N3O4/c1-4-17-12-8-9-13-18(17)22-25-21(26-30-22)20(27)19(15(2)3)24-23(28)29-14-16-10-6-5-7-11-16/h5-13,15,19-20,27H,4,14H2,1-3H3,(H,24,28)/t19-,20?/m0/s1. The molecule has 30 heavy (non-hydrogen) atoms. The predicted molar refractivity (Wildman–Crippen MR) is 112 cm³/mol. The number of hydrogen-bond donors (Lipinski definition) is 2. The van der Waals surface area contributed by atoms with E-state index < -0.39 is 18.2 Å². The van der Waals surface area contributed by atoms with Gasteiger partial charge in [-0.2, -0.15) is 4.98 Å². The van der Waals surface area contributed by atoms with Crippen LogP contribution in [0.5, 0.6) is 0 Å². The van der Waals surface area contributed by atoms with Gasteiger partial charge < -0.3 is 19.7 Å². The monoisotopic (exact) mass is 409 g/mol. The summed E-state index contributed by atoms with van der Waals surface area (Å²) in [5, 5.41) is 17.5. The van der Waals surface area contributed by atoms with E-state index in [-0.39, 0.29) is 18.3 Å². The Morgan fingerprint density at radius 3 is 2.53 bits per heavy atom. The van der Waals surface area contributed by atoms with Crippen molar-refractivity contribution < 1.29 is 19.2 Å². The number of benzene rings is 2. The first-order valence-corrected chi connectivity index (χ1v) is 10.1. The normalized spacial score (nSPS) is 13.1. The Hall–Kier alpha value is -3.19. The van der Waals surface area contributed by atoms with Crippen LogP contribution in [0.1, 0.15) is 43.8 Å². The Bertz CT molecular complexity index is 956. The van der Waals surface area contributed by atoms with Crippen LogP contribution in [0.4, 0.5) is 4.79 Å². The molecule has 158 valence electrons. The summed E-state index contributed by atoms with van der Waals surface area (Å²) in [6.45, 7) is 5.97. The number of ether oxygens (including phenoxy) is 1. The molecule has 0 saturated heterocycles. The molecule has 0 fully saturated rings. The average Bonchev–Trinajstić information content (AvgIpc) is 3.26. The number of hydrogen-bond acceptors (Lipinski definition) is 6. The Labute approximate surface area is 176 Å². The number of rotatable bonds is 8. The molecule has 1 amide bonds. The summed E-state index contributed by atoms with van der Waals surface area (Å²) in [6.07, 6.45) is -0.933. The van der Waals surface area contributed by atoms with Crippen molar-refractivity contribution in [2.45, 2.75) is 45.9 Å². The molecule has 2 aromatic carbocycles. The second-order valence-corrected chi connectivity index (χ2v) is 7.39. The summed E-state index contributed by atoms with van der Waals surface area (Å²) >= 11 is 0. The maximum Gasteiger partial charge on any atom is 0.407 e. The maximum absolute atomic E-state index is 12.3. The SMILES string of the molecule is CCc1ccccc1-c1nc(C(O)[C@@H](NC(=O)OCc2ccccc2)C(C)C)no1. The van der Waals surface area contributed by atoms with Crippen LogP contribution >= 0.6 is 0 Å². The van der Waals surface area contributed by atoms with Crippen LogP contribution in [0.25, 0.3) is 11.5 Å². The van der Waals surface area contributed by atoms with E-state index >= 15 is 0 Å². The topological polar surface area (TPSA) is 97.5 Å². The number of carbonyl (C=O) groups is 1. The third kappa shape index (κ3) is 5.24. The minimum absolute atomic E-state index is 0.0887. The molecule has 0 bridgehead atoms. The lowest BCUT2D eigenvalue weighted by Gasteiger charge is -2.25. The minimum Gasteiger partial charge on any atom is -0.445 e. The number of aryl methyl sites for hydroxylation is 1. The van der Waals surface area contributed by atoms with E-state index in [1.807, 2.05) is 75.4 Å². The first-order chi connectivity index (χ1) is 14.5. The number of nitrogens with one attached hydrogen (secondary N) is 1. The van der Waals surface area contributed by atoms with Crippen molar-refractivity contribution >= 4 is 6.09 Å². The van der Waals surface area contributed by atoms with E-state index in [1.165, 1.54) is 0 Å². The predicted octanol–water partition coefficient (Wildman–Crippen LogP) is 4.28. The number of aliphatic hydroxyl groups excluding tert-OH is 1. The highest BCUT2D eigenvalue weighted by Gasteiger charge is 2.30. The van der Waals surface area contributed by atoms with Crippen molar-refractivity contribution in [3.63, 3.8) is 0 Å². The van der Waals surface area contributed by atoms with Gasteiger partial charge in [0.15, 0.2) is 0 Å². The number of amides is 1. The van der Waals surface area contributed by atoms with Crippen molar-refractivity contribution in [3.05, 3.63) is 71.5 Å². The summed E-state index contributed by atoms with van der Waals surface area (Å²) in [4.78, 5) is 16.6. The average molecular weight is 409 g/mol. The van der Waals surface area contributed by atoms with Crippen molar-refractivity contribution in [2.75, 3.05) is 0 Å². The fraction of sp³-hybridized carbons (Fsp3) is 0.348. The number of nitrogens with zero attached hydrogens (tertiary/aromatic N) is 2. The molecule has 7 heteroatoms. The lowest BCUT2D eigenvalue weighted by molar-refractivity contribution is 0.0796. The van der Waals surface area contributed by atoms with E-state index in [4.69, 9.17) is 9.26 Å². The van der Waals surface area contributed by atoms with E-state index in [0.29, 0.717) is 5.89 Å². The second kappa shape index (κ2) is 10.0. The fourth-order valence-corrected chi connectivity index (χ4v) is 3.17. The molecule has 2 atom stereocenters. The summed E-state index contributed by atoms with van der Waals surface area (Å²) in [5.74, 6) is 0.378. The molecule has 0 saturated carbocycles. The molecule has 0 radical (unpaired) electrons. The molecule has 0 spiro atoms. The zero-order valence-electron chi connectivity index (χ0n) is 17.4. The summed E-state index contributed by atoms with van der Waals surface area (Å²) in [7, 11) is 0. The van der Waals surface area contributed by atoms with Gasteiger partial charge in [-0.1, -0.05) is 74.5 Å². The maximum atomic E-state index is 12.3. The molecule has 0 aliphatic carbocycles. The zero-order valence-corrected chi connectivity index (χ0v) is 17.4. The summed E-state index contributed by atoms with van der Waals surface area (Å²) in [5.41, 5.74) is 2.79. The lowest BCUT2D eigenvalue weighted by Crippen LogP contribution is -2.43. The molecule has 0 aliphatic rings. The third-order valence-electron chi connectivity index (χ3n) is 4.89. The molecule has 2 N–H and O–H groups in total. The van der Waals surface area contributed by atoms with Crippen LogP contribution in [0.2, 0.25) is 0 Å². The molecule has 3 aromatic rings. The molecule has 1 heterocycles. The van der Waals surface area contributed by atoms with Crippen molar-refractivity contribution in [1.29, 1.82) is 0 Å². The van der Waals surface area contributed by atoms with Crippen LogP contribution < -0.4 is 5.32 Å². The van der Waals surface area contributed by atoms with Gasteiger partial charge in [-0.15, -0.1) is 0 Å². The number of carbonyl (C=O) groups excluding carboxylic acids is 1. The van der Waals surface area contributed by atoms with E-state index in [0.717, 1.165) is 23.1 Å². The van der Waals surface area contributed by atoms with Gasteiger partial charge in [-0.3, -0.25) is 0 Å². The van der Waals surface area contributed by atoms with Gasteiger partial charge in [0.2, 0.25) is 5.82 Å². The Morgan fingerprint density at radius 1 is 1.13 bits per heavy atom. The third-order valence-corrected chi connectivity index (χ3v) is 4.89. The Morgan fingerprint density at radius 2 is 1.83 bits per heavy atom. The van der Waals surface area contributed by atoms with Gasteiger partial charge in [0.05, 0.1) is 6.04 Å². The van der Waals surface area contributed by atoms with Gasteiger partial charge in [0, 0.05) is 5.56 Å². The highest BCUT2D eigenvalue weighted by molar-refractivity contribution is 5.67. The van der Waals surface area contributed by atoms with Crippen molar-refractivity contribution in [1.82, 2.24) is 15.5 Å². The molecule has 0 aliphatic heterocycles. The van der Waals surface area contributed by atoms with Crippen LogP contribution in [-0.4, -0.2) is 27.4 Å². The molecule has 3 rings (SSSR count). The van der Waals surface area contributed by atoms with Gasteiger partial charge >= 0.3 is 6.09 Å². The van der Waals surface area contributed by atoms with Crippen molar-refractivity contribution in [3.8, 4) is 11.5 Å².